The number of piperazine rings is 1. The van der Waals surface area contributed by atoms with Crippen LogP contribution in [0.3, 0.4) is 0 Å². The summed E-state index contributed by atoms with van der Waals surface area (Å²) < 4.78 is 0. The normalized spacial score (nSPS) is 16.1. The summed E-state index contributed by atoms with van der Waals surface area (Å²) in [7, 11) is 0. The number of nitrogens with zero attached hydrogens (tertiary/aromatic N) is 2. The molecule has 0 aliphatic carbocycles. The summed E-state index contributed by atoms with van der Waals surface area (Å²) in [6.07, 6.45) is 0. The molecule has 1 heterocycles. The third kappa shape index (κ3) is 6.24. The number of rotatable bonds is 8. The second kappa shape index (κ2) is 12.3. The van der Waals surface area contributed by atoms with Crippen molar-refractivity contribution in [3.63, 3.8) is 0 Å². The molecule has 4 aromatic rings. The molecule has 2 N–H and O–H groups in total. The van der Waals surface area contributed by atoms with Crippen LogP contribution in [0.15, 0.2) is 84.9 Å². The summed E-state index contributed by atoms with van der Waals surface area (Å²) >= 11 is 0. The third-order valence-corrected chi connectivity index (χ3v) is 8.51. The molecule has 4 aromatic carbocycles. The van der Waals surface area contributed by atoms with Crippen molar-refractivity contribution in [3.8, 4) is 11.5 Å². The topological polar surface area (TPSA) is 46.9 Å². The lowest BCUT2D eigenvalue weighted by Crippen LogP contribution is -2.45. The zero-order valence-corrected chi connectivity index (χ0v) is 24.3. The highest BCUT2D eigenvalue weighted by Gasteiger charge is 2.23. The van der Waals surface area contributed by atoms with E-state index in [1.165, 1.54) is 22.3 Å². The fourth-order valence-electron chi connectivity index (χ4n) is 6.10. The van der Waals surface area contributed by atoms with Gasteiger partial charge in [-0.1, -0.05) is 110 Å². The molecule has 4 heteroatoms. The van der Waals surface area contributed by atoms with E-state index in [4.69, 9.17) is 0 Å². The number of aryl methyl sites for hydroxylation is 2. The van der Waals surface area contributed by atoms with Crippen molar-refractivity contribution in [2.45, 2.75) is 52.6 Å². The van der Waals surface area contributed by atoms with E-state index in [0.717, 1.165) is 61.5 Å². The Labute approximate surface area is 239 Å². The van der Waals surface area contributed by atoms with E-state index in [0.29, 0.717) is 11.5 Å². The molecule has 1 saturated heterocycles. The van der Waals surface area contributed by atoms with Crippen molar-refractivity contribution in [2.75, 3.05) is 26.2 Å². The van der Waals surface area contributed by atoms with Crippen molar-refractivity contribution in [1.82, 2.24) is 9.80 Å². The Morgan fingerprint density at radius 2 is 0.925 bits per heavy atom. The molecular weight excluding hydrogens is 492 g/mol. The molecule has 40 heavy (non-hydrogen) atoms. The average Bonchev–Trinajstić information content (AvgIpc) is 2.97. The van der Waals surface area contributed by atoms with Crippen LogP contribution in [0.1, 0.15) is 70.2 Å². The number of phenolic OH excluding ortho intramolecular Hbond substituents is 2. The van der Waals surface area contributed by atoms with Crippen LogP contribution < -0.4 is 0 Å². The van der Waals surface area contributed by atoms with Crippen molar-refractivity contribution in [2.24, 2.45) is 0 Å². The molecule has 0 amide bonds. The fourth-order valence-corrected chi connectivity index (χ4v) is 6.10. The van der Waals surface area contributed by atoms with E-state index in [1.807, 2.05) is 12.1 Å². The minimum atomic E-state index is 0.133. The summed E-state index contributed by atoms with van der Waals surface area (Å²) in [5, 5.41) is 22.5. The average molecular weight is 535 g/mol. The van der Waals surface area contributed by atoms with Gasteiger partial charge in [-0.15, -0.1) is 0 Å². The molecule has 2 atom stereocenters. The molecule has 1 aliphatic rings. The van der Waals surface area contributed by atoms with Crippen molar-refractivity contribution < 1.29 is 10.2 Å². The molecule has 0 aromatic heterocycles. The monoisotopic (exact) mass is 534 g/mol. The third-order valence-electron chi connectivity index (χ3n) is 8.51. The largest absolute Gasteiger partial charge is 0.507 e. The maximum Gasteiger partial charge on any atom is 0.123 e. The Hall–Kier alpha value is -3.60. The lowest BCUT2D eigenvalue weighted by molar-refractivity contribution is 0.120. The Morgan fingerprint density at radius 3 is 1.27 bits per heavy atom. The molecule has 1 fully saturated rings. The van der Waals surface area contributed by atoms with Crippen LogP contribution in [0.5, 0.6) is 11.5 Å². The maximum atomic E-state index is 11.3. The summed E-state index contributed by atoms with van der Waals surface area (Å²) in [6, 6.07) is 29.3. The first-order valence-electron chi connectivity index (χ1n) is 14.5. The fraction of sp³-hybridized carbons (Fsp3) is 0.333. The van der Waals surface area contributed by atoms with Gasteiger partial charge in [0.1, 0.15) is 11.5 Å². The van der Waals surface area contributed by atoms with Gasteiger partial charge in [-0.25, -0.2) is 0 Å². The molecule has 5 rings (SSSR count). The van der Waals surface area contributed by atoms with Gasteiger partial charge in [0.05, 0.1) is 0 Å². The molecule has 1 aliphatic heterocycles. The predicted molar refractivity (Wildman–Crippen MR) is 164 cm³/mol. The number of aromatic hydroxyl groups is 2. The van der Waals surface area contributed by atoms with E-state index in [2.05, 4.69) is 110 Å². The van der Waals surface area contributed by atoms with Crippen molar-refractivity contribution in [1.29, 1.82) is 0 Å². The minimum Gasteiger partial charge on any atom is -0.507 e. The van der Waals surface area contributed by atoms with E-state index in [-0.39, 0.29) is 11.8 Å². The van der Waals surface area contributed by atoms with E-state index in [1.54, 1.807) is 0 Å². The number of benzene rings is 4. The van der Waals surface area contributed by atoms with Gasteiger partial charge in [0.15, 0.2) is 0 Å². The molecule has 0 bridgehead atoms. The highest BCUT2D eigenvalue weighted by atomic mass is 16.3. The quantitative estimate of drug-likeness (QED) is 0.248. The first kappa shape index (κ1) is 27.9. The Bertz CT molecular complexity index is 1320. The van der Waals surface area contributed by atoms with Crippen LogP contribution in [0.4, 0.5) is 0 Å². The van der Waals surface area contributed by atoms with Crippen LogP contribution in [0.2, 0.25) is 0 Å². The van der Waals surface area contributed by atoms with Gasteiger partial charge in [-0.3, -0.25) is 9.80 Å². The summed E-state index contributed by atoms with van der Waals surface area (Å²) in [4.78, 5) is 4.86. The van der Waals surface area contributed by atoms with Crippen LogP contribution in [-0.4, -0.2) is 46.2 Å². The first-order chi connectivity index (χ1) is 19.3. The predicted octanol–water partition coefficient (Wildman–Crippen LogP) is 7.34. The maximum absolute atomic E-state index is 11.3. The van der Waals surface area contributed by atoms with Crippen LogP contribution in [0, 0.1) is 13.8 Å². The van der Waals surface area contributed by atoms with Crippen molar-refractivity contribution >= 4 is 0 Å². The Kier molecular flexibility index (Phi) is 8.58. The first-order valence-corrected chi connectivity index (χ1v) is 14.5. The van der Waals surface area contributed by atoms with Gasteiger partial charge in [0.25, 0.3) is 0 Å². The van der Waals surface area contributed by atoms with Gasteiger partial charge in [-0.05, 0) is 25.0 Å². The van der Waals surface area contributed by atoms with Gasteiger partial charge in [-0.2, -0.15) is 0 Å². The van der Waals surface area contributed by atoms with Crippen LogP contribution in [-0.2, 0) is 13.1 Å². The summed E-state index contributed by atoms with van der Waals surface area (Å²) in [5.74, 6) is 1.12. The molecule has 0 spiro atoms. The van der Waals surface area contributed by atoms with Gasteiger partial charge in [0.2, 0.25) is 0 Å². The SMILES string of the molecule is Cc1cc(CN2CCN(Cc3cc(C)cc([C@@H](C)c4ccccc4)c3O)CC2)c(O)c([C@@H](C)c2ccccc2)c1. The van der Waals surface area contributed by atoms with E-state index < -0.39 is 0 Å². The number of hydrogen-bond acceptors (Lipinski definition) is 4. The lowest BCUT2D eigenvalue weighted by atomic mass is 9.89. The second-order valence-corrected chi connectivity index (χ2v) is 11.5. The van der Waals surface area contributed by atoms with Gasteiger partial charge in [0, 0.05) is 73.4 Å². The Morgan fingerprint density at radius 1 is 0.575 bits per heavy atom. The van der Waals surface area contributed by atoms with Gasteiger partial charge >= 0.3 is 0 Å². The number of phenols is 2. The molecule has 0 saturated carbocycles. The number of hydrogen-bond donors (Lipinski definition) is 2. The molecular formula is C36H42N2O2. The molecule has 0 radical (unpaired) electrons. The van der Waals surface area contributed by atoms with E-state index >= 15 is 0 Å². The molecule has 4 nitrogen and oxygen atoms in total. The standard InChI is InChI=1S/C36H42N2O2/c1-25-19-31(35(39)33(21-25)27(3)29-11-7-5-8-12-29)23-37-15-17-38(18-16-37)24-32-20-26(2)22-34(36(32)40)28(4)30-13-9-6-10-14-30/h5-14,19-22,27-28,39-40H,15-18,23-24H2,1-4H3/t27-,28-/m0/s1. The Balaban J connectivity index is 1.25. The smallest absolute Gasteiger partial charge is 0.123 e. The van der Waals surface area contributed by atoms with Crippen molar-refractivity contribution in [3.05, 3.63) is 129 Å². The highest BCUT2D eigenvalue weighted by molar-refractivity contribution is 5.49. The summed E-state index contributed by atoms with van der Waals surface area (Å²) in [6.45, 7) is 13.8. The zero-order chi connectivity index (χ0) is 28.2. The van der Waals surface area contributed by atoms with Gasteiger partial charge < -0.3 is 10.2 Å². The molecule has 0 unspecified atom stereocenters. The van der Waals surface area contributed by atoms with Crippen LogP contribution >= 0.6 is 0 Å². The molecule has 208 valence electrons. The lowest BCUT2D eigenvalue weighted by Gasteiger charge is -2.35. The second-order valence-electron chi connectivity index (χ2n) is 11.5. The summed E-state index contributed by atoms with van der Waals surface area (Å²) in [5.41, 5.74) is 8.78. The zero-order valence-electron chi connectivity index (χ0n) is 24.3. The van der Waals surface area contributed by atoms with Crippen LogP contribution in [0.25, 0.3) is 0 Å². The highest BCUT2D eigenvalue weighted by Crippen LogP contribution is 2.37. The minimum absolute atomic E-state index is 0.133. The van der Waals surface area contributed by atoms with E-state index in [9.17, 15) is 10.2 Å².